The Morgan fingerprint density at radius 2 is 0.974 bits per heavy atom. The molecule has 0 aliphatic carbocycles. The summed E-state index contributed by atoms with van der Waals surface area (Å²) in [5, 5.41) is 0. The summed E-state index contributed by atoms with van der Waals surface area (Å²) in [5.41, 5.74) is -0.936. The predicted octanol–water partition coefficient (Wildman–Crippen LogP) is 8.08. The van der Waals surface area contributed by atoms with Crippen LogP contribution >= 0.6 is 0 Å². The van der Waals surface area contributed by atoms with E-state index in [4.69, 9.17) is 0 Å². The van der Waals surface area contributed by atoms with E-state index in [2.05, 4.69) is 9.47 Å². The highest BCUT2D eigenvalue weighted by molar-refractivity contribution is 5.29. The summed E-state index contributed by atoms with van der Waals surface area (Å²) in [6.07, 6.45) is -19.3. The first-order valence-corrected chi connectivity index (χ1v) is 9.26. The van der Waals surface area contributed by atoms with Crippen LogP contribution in [0, 0.1) is 0 Å². The van der Waals surface area contributed by atoms with E-state index in [0.717, 1.165) is 19.2 Å². The third-order valence-electron chi connectivity index (χ3n) is 4.77. The zero-order valence-corrected chi connectivity index (χ0v) is 17.9. The molecule has 0 saturated heterocycles. The van der Waals surface area contributed by atoms with Gasteiger partial charge in [0.25, 0.3) is 0 Å². The molecule has 1 unspecified atom stereocenters. The molecule has 2 nitrogen and oxygen atoms in total. The van der Waals surface area contributed by atoms with E-state index in [1.54, 1.807) is 0 Å². The van der Waals surface area contributed by atoms with E-state index in [9.17, 15) is 79.0 Å². The summed E-state index contributed by atoms with van der Waals surface area (Å²) in [6, 6.07) is 2.69. The summed E-state index contributed by atoms with van der Waals surface area (Å²) < 4.78 is 246. The third-order valence-corrected chi connectivity index (χ3v) is 4.77. The van der Waals surface area contributed by atoms with Crippen LogP contribution in [-0.4, -0.2) is 61.6 Å². The van der Waals surface area contributed by atoms with Gasteiger partial charge >= 0.3 is 47.9 Å². The molecule has 0 fully saturated rings. The molecule has 1 aromatic rings. The first-order chi connectivity index (χ1) is 16.6. The van der Waals surface area contributed by atoms with Gasteiger partial charge in [0.2, 0.25) is 0 Å². The lowest BCUT2D eigenvalue weighted by Gasteiger charge is -2.42. The van der Waals surface area contributed by atoms with Crippen LogP contribution in [0.2, 0.25) is 0 Å². The standard InChI is InChI=1S/C18H12F18O2/c1-37-9-4-2-8(3-5-9)10(38-7-12(21,22)23)6-11(19,20)13(24,25)14(26,27)15(28,29)16(30,31)17(32,33)18(34,35)36/h2-5,10H,6-7H2,1H3. The average molecular weight is 602 g/mol. The average Bonchev–Trinajstić information content (AvgIpc) is 2.74. The third kappa shape index (κ3) is 5.83. The molecule has 0 bridgehead atoms. The summed E-state index contributed by atoms with van der Waals surface area (Å²) in [5.74, 6) is -48.2. The number of alkyl halides is 18. The topological polar surface area (TPSA) is 18.5 Å². The van der Waals surface area contributed by atoms with Crippen LogP contribution in [-0.2, 0) is 4.74 Å². The highest BCUT2D eigenvalue weighted by atomic mass is 19.4. The van der Waals surface area contributed by atoms with Crippen LogP contribution in [0.3, 0.4) is 0 Å². The summed E-state index contributed by atoms with van der Waals surface area (Å²) in [7, 11) is 1.02. The Morgan fingerprint density at radius 3 is 1.34 bits per heavy atom. The fourth-order valence-corrected chi connectivity index (χ4v) is 2.65. The minimum absolute atomic E-state index is 0.139. The van der Waals surface area contributed by atoms with Gasteiger partial charge in [-0.05, 0) is 17.7 Å². The number of hydrogen-bond acceptors (Lipinski definition) is 2. The molecule has 0 aliphatic rings. The second-order valence-electron chi connectivity index (χ2n) is 7.47. The number of hydrogen-bond donors (Lipinski definition) is 0. The van der Waals surface area contributed by atoms with Gasteiger partial charge < -0.3 is 9.47 Å². The lowest BCUT2D eigenvalue weighted by Crippen LogP contribution is -2.72. The molecular formula is C18H12F18O2. The second kappa shape index (κ2) is 10.0. The van der Waals surface area contributed by atoms with E-state index in [1.807, 2.05) is 0 Å². The van der Waals surface area contributed by atoms with E-state index in [0.29, 0.717) is 12.1 Å². The molecule has 222 valence electrons. The van der Waals surface area contributed by atoms with E-state index in [1.165, 1.54) is 0 Å². The molecule has 1 rings (SSSR count). The molecule has 0 aromatic heterocycles. The molecule has 1 aromatic carbocycles. The molecule has 38 heavy (non-hydrogen) atoms. The Hall–Kier alpha value is -2.28. The van der Waals surface area contributed by atoms with Gasteiger partial charge in [-0.1, -0.05) is 12.1 Å². The molecule has 0 N–H and O–H groups in total. The second-order valence-corrected chi connectivity index (χ2v) is 7.47. The molecule has 20 heteroatoms. The van der Waals surface area contributed by atoms with Crippen LogP contribution in [0.25, 0.3) is 0 Å². The molecule has 0 spiro atoms. The van der Waals surface area contributed by atoms with Crippen molar-refractivity contribution in [2.24, 2.45) is 0 Å². The first kappa shape index (κ1) is 33.7. The van der Waals surface area contributed by atoms with Crippen LogP contribution in [0.1, 0.15) is 18.1 Å². The van der Waals surface area contributed by atoms with Gasteiger partial charge in [-0.25, -0.2) is 0 Å². The van der Waals surface area contributed by atoms with Crippen molar-refractivity contribution in [2.75, 3.05) is 13.7 Å². The van der Waals surface area contributed by atoms with Crippen LogP contribution < -0.4 is 4.74 Å². The quantitative estimate of drug-likeness (QED) is 0.239. The van der Waals surface area contributed by atoms with E-state index in [-0.39, 0.29) is 5.75 Å². The Kier molecular flexibility index (Phi) is 8.91. The van der Waals surface area contributed by atoms with Crippen LogP contribution in [0.4, 0.5) is 79.0 Å². The molecule has 0 heterocycles. The maximum atomic E-state index is 14.2. The van der Waals surface area contributed by atoms with Gasteiger partial charge in [0.1, 0.15) is 12.4 Å². The van der Waals surface area contributed by atoms with Crippen molar-refractivity contribution in [3.05, 3.63) is 29.8 Å². The Bertz CT molecular complexity index is 932. The Balaban J connectivity index is 3.56. The monoisotopic (exact) mass is 602 g/mol. The first-order valence-electron chi connectivity index (χ1n) is 9.26. The SMILES string of the molecule is COc1ccc(C(CC(F)(F)C(F)(F)C(F)(F)C(F)(F)C(F)(F)C(F)(F)C(F)(F)F)OCC(F)(F)F)cc1. The van der Waals surface area contributed by atoms with Crippen molar-refractivity contribution in [2.45, 2.75) is 60.4 Å². The largest absolute Gasteiger partial charge is 0.497 e. The van der Waals surface area contributed by atoms with Gasteiger partial charge in [-0.3, -0.25) is 0 Å². The molecule has 0 saturated carbocycles. The van der Waals surface area contributed by atoms with Gasteiger partial charge in [0, 0.05) is 6.42 Å². The van der Waals surface area contributed by atoms with E-state index < -0.39 is 72.6 Å². The molecule has 0 radical (unpaired) electrons. The van der Waals surface area contributed by atoms with Crippen molar-refractivity contribution in [3.63, 3.8) is 0 Å². The zero-order chi connectivity index (χ0) is 30.4. The minimum atomic E-state index is -8.51. The van der Waals surface area contributed by atoms with Crippen molar-refractivity contribution < 1.29 is 88.5 Å². The maximum Gasteiger partial charge on any atom is 0.460 e. The fourth-order valence-electron chi connectivity index (χ4n) is 2.65. The molecular weight excluding hydrogens is 590 g/mol. The van der Waals surface area contributed by atoms with Gasteiger partial charge in [-0.15, -0.1) is 0 Å². The normalized spacial score (nSPS) is 16.0. The van der Waals surface area contributed by atoms with Crippen molar-refractivity contribution in [1.82, 2.24) is 0 Å². The van der Waals surface area contributed by atoms with Gasteiger partial charge in [-0.2, -0.15) is 79.0 Å². The van der Waals surface area contributed by atoms with Gasteiger partial charge in [0.05, 0.1) is 13.2 Å². The maximum absolute atomic E-state index is 14.2. The van der Waals surface area contributed by atoms with Crippen molar-refractivity contribution in [3.8, 4) is 5.75 Å². The zero-order valence-electron chi connectivity index (χ0n) is 17.9. The van der Waals surface area contributed by atoms with Crippen molar-refractivity contribution >= 4 is 0 Å². The molecule has 0 amide bonds. The Morgan fingerprint density at radius 1 is 0.579 bits per heavy atom. The smallest absolute Gasteiger partial charge is 0.460 e. The number of halogens is 18. The Labute approximate surface area is 199 Å². The number of rotatable bonds is 11. The summed E-state index contributed by atoms with van der Waals surface area (Å²) in [6.45, 7) is -2.53. The van der Waals surface area contributed by atoms with Crippen LogP contribution in [0.15, 0.2) is 24.3 Å². The van der Waals surface area contributed by atoms with Crippen molar-refractivity contribution in [1.29, 1.82) is 0 Å². The minimum Gasteiger partial charge on any atom is -0.497 e. The lowest BCUT2D eigenvalue weighted by atomic mass is 9.88. The number of benzene rings is 1. The van der Waals surface area contributed by atoms with Crippen LogP contribution in [0.5, 0.6) is 5.75 Å². The van der Waals surface area contributed by atoms with E-state index >= 15 is 0 Å². The fraction of sp³-hybridized carbons (Fsp3) is 0.667. The highest BCUT2D eigenvalue weighted by Gasteiger charge is 2.93. The number of ether oxygens (including phenoxy) is 2. The molecule has 1 atom stereocenters. The molecule has 0 aliphatic heterocycles. The summed E-state index contributed by atoms with van der Waals surface area (Å²) >= 11 is 0. The van der Waals surface area contributed by atoms with Gasteiger partial charge in [0.15, 0.2) is 0 Å². The highest BCUT2D eigenvalue weighted by Crippen LogP contribution is 2.63. The lowest BCUT2D eigenvalue weighted by molar-refractivity contribution is -0.453. The summed E-state index contributed by atoms with van der Waals surface area (Å²) in [4.78, 5) is 0. The number of methoxy groups -OCH3 is 1. The predicted molar refractivity (Wildman–Crippen MR) is 88.1 cm³/mol.